The average molecular weight is 309 g/mol. The standard InChI is InChI=1S/C21H27NO/c23-17-21(13-16-22-14-5-2-6-15-22)20-11-9-19(10-12-20)18-7-3-1-4-8-18/h1,3-4,7-12,21,23H,2,5-6,13-17H2. The number of aliphatic hydroxyl groups is 1. The van der Waals surface area contributed by atoms with Gasteiger partial charge < -0.3 is 10.0 Å². The van der Waals surface area contributed by atoms with Gasteiger partial charge in [-0.2, -0.15) is 0 Å². The van der Waals surface area contributed by atoms with E-state index in [9.17, 15) is 5.11 Å². The van der Waals surface area contributed by atoms with Crippen LogP contribution in [0.1, 0.15) is 37.2 Å². The average Bonchev–Trinajstić information content (AvgIpc) is 2.64. The molecule has 0 aliphatic carbocycles. The molecule has 1 aliphatic heterocycles. The summed E-state index contributed by atoms with van der Waals surface area (Å²) < 4.78 is 0. The Labute approximate surface area is 139 Å². The van der Waals surface area contributed by atoms with Gasteiger partial charge in [0, 0.05) is 12.5 Å². The van der Waals surface area contributed by atoms with Gasteiger partial charge in [-0.1, -0.05) is 61.0 Å². The van der Waals surface area contributed by atoms with Crippen molar-refractivity contribution in [2.45, 2.75) is 31.6 Å². The van der Waals surface area contributed by atoms with Gasteiger partial charge >= 0.3 is 0 Å². The summed E-state index contributed by atoms with van der Waals surface area (Å²) in [5.74, 6) is 0.252. The first kappa shape index (κ1) is 16.2. The third-order valence-corrected chi connectivity index (χ3v) is 4.95. The first-order chi connectivity index (χ1) is 11.4. The molecular formula is C21H27NO. The Bertz CT molecular complexity index is 573. The normalized spacial score (nSPS) is 17.1. The molecule has 0 bridgehead atoms. The fourth-order valence-corrected chi connectivity index (χ4v) is 3.46. The number of aliphatic hydroxyl groups excluding tert-OH is 1. The molecule has 0 amide bonds. The van der Waals surface area contributed by atoms with Crippen molar-refractivity contribution >= 4 is 0 Å². The lowest BCUT2D eigenvalue weighted by Gasteiger charge is -2.28. The van der Waals surface area contributed by atoms with Crippen LogP contribution in [0.3, 0.4) is 0 Å². The molecule has 1 heterocycles. The minimum absolute atomic E-state index is 0.235. The first-order valence-corrected chi connectivity index (χ1v) is 8.85. The largest absolute Gasteiger partial charge is 0.396 e. The maximum absolute atomic E-state index is 9.78. The lowest BCUT2D eigenvalue weighted by molar-refractivity contribution is 0.200. The minimum Gasteiger partial charge on any atom is -0.396 e. The van der Waals surface area contributed by atoms with Gasteiger partial charge in [-0.3, -0.25) is 0 Å². The van der Waals surface area contributed by atoms with E-state index in [1.807, 2.05) is 6.07 Å². The SMILES string of the molecule is OCC(CCN1CCCCC1)c1ccc(-c2ccccc2)cc1. The molecule has 1 unspecified atom stereocenters. The van der Waals surface area contributed by atoms with Crippen molar-refractivity contribution in [2.24, 2.45) is 0 Å². The summed E-state index contributed by atoms with van der Waals surface area (Å²) in [7, 11) is 0. The number of likely N-dealkylation sites (tertiary alicyclic amines) is 1. The van der Waals surface area contributed by atoms with Crippen LogP contribution in [0.2, 0.25) is 0 Å². The first-order valence-electron chi connectivity index (χ1n) is 8.85. The summed E-state index contributed by atoms with van der Waals surface area (Å²) >= 11 is 0. The summed E-state index contributed by atoms with van der Waals surface area (Å²) in [5, 5.41) is 9.78. The van der Waals surface area contributed by atoms with Crippen LogP contribution in [0.4, 0.5) is 0 Å². The molecule has 23 heavy (non-hydrogen) atoms. The molecule has 0 radical (unpaired) electrons. The molecule has 1 N–H and O–H groups in total. The zero-order valence-electron chi connectivity index (χ0n) is 13.8. The Morgan fingerprint density at radius 1 is 0.826 bits per heavy atom. The van der Waals surface area contributed by atoms with Gasteiger partial charge in [-0.15, -0.1) is 0 Å². The zero-order valence-corrected chi connectivity index (χ0v) is 13.8. The van der Waals surface area contributed by atoms with Crippen LogP contribution < -0.4 is 0 Å². The quantitative estimate of drug-likeness (QED) is 0.859. The van der Waals surface area contributed by atoms with E-state index < -0.39 is 0 Å². The number of benzene rings is 2. The molecule has 0 aromatic heterocycles. The lowest BCUT2D eigenvalue weighted by Crippen LogP contribution is -2.31. The molecule has 3 rings (SSSR count). The molecule has 2 heteroatoms. The molecule has 1 saturated heterocycles. The van der Waals surface area contributed by atoms with Gasteiger partial charge in [0.25, 0.3) is 0 Å². The lowest BCUT2D eigenvalue weighted by atomic mass is 9.94. The van der Waals surface area contributed by atoms with Crippen molar-refractivity contribution in [1.82, 2.24) is 4.90 Å². The Kier molecular flexibility index (Phi) is 5.84. The van der Waals surface area contributed by atoms with Crippen LogP contribution in [0.25, 0.3) is 11.1 Å². The molecule has 0 spiro atoms. The summed E-state index contributed by atoms with van der Waals surface area (Å²) in [4.78, 5) is 2.55. The predicted octanol–water partition coefficient (Wildman–Crippen LogP) is 4.31. The maximum atomic E-state index is 9.78. The summed E-state index contributed by atoms with van der Waals surface area (Å²) in [5.41, 5.74) is 3.74. The van der Waals surface area contributed by atoms with Crippen LogP contribution in [0.5, 0.6) is 0 Å². The van der Waals surface area contributed by atoms with Crippen LogP contribution in [0, 0.1) is 0 Å². The van der Waals surface area contributed by atoms with Gasteiger partial charge in [-0.25, -0.2) is 0 Å². The highest BCUT2D eigenvalue weighted by Crippen LogP contribution is 2.25. The van der Waals surface area contributed by atoms with Crippen molar-refractivity contribution in [3.05, 3.63) is 60.2 Å². The van der Waals surface area contributed by atoms with Gasteiger partial charge in [-0.05, 0) is 55.6 Å². The highest BCUT2D eigenvalue weighted by Gasteiger charge is 2.15. The van der Waals surface area contributed by atoms with E-state index in [1.54, 1.807) is 0 Å². The third-order valence-electron chi connectivity index (χ3n) is 4.95. The molecule has 1 aliphatic rings. The van der Waals surface area contributed by atoms with Crippen LogP contribution in [0.15, 0.2) is 54.6 Å². The molecule has 1 fully saturated rings. The molecule has 2 aromatic rings. The zero-order chi connectivity index (χ0) is 15.9. The predicted molar refractivity (Wildman–Crippen MR) is 96.6 cm³/mol. The second-order valence-corrected chi connectivity index (χ2v) is 6.56. The van der Waals surface area contributed by atoms with Crippen molar-refractivity contribution in [2.75, 3.05) is 26.2 Å². The van der Waals surface area contributed by atoms with Crippen molar-refractivity contribution in [1.29, 1.82) is 0 Å². The van der Waals surface area contributed by atoms with Crippen molar-refractivity contribution in [3.8, 4) is 11.1 Å². The van der Waals surface area contributed by atoms with E-state index in [4.69, 9.17) is 0 Å². The molecule has 122 valence electrons. The van der Waals surface area contributed by atoms with Crippen LogP contribution in [-0.4, -0.2) is 36.2 Å². The number of hydrogen-bond acceptors (Lipinski definition) is 2. The molecular weight excluding hydrogens is 282 g/mol. The van der Waals surface area contributed by atoms with E-state index in [0.29, 0.717) is 0 Å². The van der Waals surface area contributed by atoms with Gasteiger partial charge in [0.2, 0.25) is 0 Å². The topological polar surface area (TPSA) is 23.5 Å². The molecule has 2 nitrogen and oxygen atoms in total. The Morgan fingerprint density at radius 3 is 2.13 bits per heavy atom. The third kappa shape index (κ3) is 4.43. The van der Waals surface area contributed by atoms with Gasteiger partial charge in [0.05, 0.1) is 0 Å². The van der Waals surface area contributed by atoms with E-state index in [2.05, 4.69) is 53.4 Å². The van der Waals surface area contributed by atoms with Crippen molar-refractivity contribution < 1.29 is 5.11 Å². The van der Waals surface area contributed by atoms with E-state index in [0.717, 1.165) is 13.0 Å². The molecule has 1 atom stereocenters. The van der Waals surface area contributed by atoms with E-state index in [1.165, 1.54) is 49.0 Å². The van der Waals surface area contributed by atoms with E-state index >= 15 is 0 Å². The smallest absolute Gasteiger partial charge is 0.0500 e. The molecule has 0 saturated carbocycles. The Balaban J connectivity index is 1.62. The second-order valence-electron chi connectivity index (χ2n) is 6.56. The summed E-state index contributed by atoms with van der Waals surface area (Å²) in [6, 6.07) is 19.2. The van der Waals surface area contributed by atoms with E-state index in [-0.39, 0.29) is 12.5 Å². The van der Waals surface area contributed by atoms with Crippen LogP contribution in [-0.2, 0) is 0 Å². The summed E-state index contributed by atoms with van der Waals surface area (Å²) in [6.45, 7) is 3.79. The fraction of sp³-hybridized carbons (Fsp3) is 0.429. The van der Waals surface area contributed by atoms with Gasteiger partial charge in [0.15, 0.2) is 0 Å². The highest BCUT2D eigenvalue weighted by atomic mass is 16.3. The summed E-state index contributed by atoms with van der Waals surface area (Å²) in [6.07, 6.45) is 5.08. The second kappa shape index (κ2) is 8.28. The Hall–Kier alpha value is -1.64. The minimum atomic E-state index is 0.235. The molecule has 2 aromatic carbocycles. The number of piperidine rings is 1. The Morgan fingerprint density at radius 2 is 1.48 bits per heavy atom. The van der Waals surface area contributed by atoms with Crippen LogP contribution >= 0.6 is 0 Å². The van der Waals surface area contributed by atoms with Gasteiger partial charge in [0.1, 0.15) is 0 Å². The number of hydrogen-bond donors (Lipinski definition) is 1. The number of nitrogens with zero attached hydrogens (tertiary/aromatic N) is 1. The maximum Gasteiger partial charge on any atom is 0.0500 e. The highest BCUT2D eigenvalue weighted by molar-refractivity contribution is 5.63. The monoisotopic (exact) mass is 309 g/mol. The number of rotatable bonds is 6. The van der Waals surface area contributed by atoms with Crippen molar-refractivity contribution in [3.63, 3.8) is 0 Å². The fourth-order valence-electron chi connectivity index (χ4n) is 3.46.